The molecule has 0 spiro atoms. The third-order valence-electron chi connectivity index (χ3n) is 5.09. The maximum Gasteiger partial charge on any atom is 0.336 e. The van der Waals surface area contributed by atoms with Gasteiger partial charge in [-0.2, -0.15) is 0 Å². The Hall–Kier alpha value is -4.52. The minimum atomic E-state index is -0.998. The smallest absolute Gasteiger partial charge is 0.336 e. The quantitative estimate of drug-likeness (QED) is 0.413. The third kappa shape index (κ3) is 4.88. The highest BCUT2D eigenvalue weighted by molar-refractivity contribution is 6.18. The van der Waals surface area contributed by atoms with Crippen LogP contribution in [0.4, 0.5) is 0 Å². The summed E-state index contributed by atoms with van der Waals surface area (Å²) in [6.07, 6.45) is 5.14. The van der Waals surface area contributed by atoms with Crippen LogP contribution < -0.4 is 10.5 Å². The Kier molecular flexibility index (Phi) is 6.40. The van der Waals surface area contributed by atoms with E-state index in [1.807, 2.05) is 42.5 Å². The van der Waals surface area contributed by atoms with E-state index in [2.05, 4.69) is 15.0 Å². The maximum absolute atomic E-state index is 11.6. The molecule has 0 aliphatic carbocycles. The Labute approximate surface area is 190 Å². The number of benzene rings is 2. The van der Waals surface area contributed by atoms with Crippen LogP contribution in [0.1, 0.15) is 27.2 Å². The van der Waals surface area contributed by atoms with Crippen LogP contribution in [0.15, 0.2) is 84.1 Å². The second-order valence-corrected chi connectivity index (χ2v) is 7.25. The Morgan fingerprint density at radius 2 is 1.79 bits per heavy atom. The van der Waals surface area contributed by atoms with Crippen molar-refractivity contribution in [3.05, 3.63) is 102 Å². The lowest BCUT2D eigenvalue weighted by atomic mass is 10.0. The van der Waals surface area contributed by atoms with Crippen LogP contribution >= 0.6 is 0 Å². The molecule has 4 rings (SSSR count). The zero-order valence-electron chi connectivity index (χ0n) is 18.0. The zero-order chi connectivity index (χ0) is 23.2. The molecule has 0 aliphatic rings. The molecule has 2 aromatic carbocycles. The number of aliphatic imine (C=N–C) groups is 1. The van der Waals surface area contributed by atoms with Crippen molar-refractivity contribution in [1.82, 2.24) is 9.97 Å². The van der Waals surface area contributed by atoms with Gasteiger partial charge in [0.2, 0.25) is 0 Å². The first-order valence-electron chi connectivity index (χ1n) is 10.2. The number of ether oxygens (including phenoxy) is 1. The van der Waals surface area contributed by atoms with Gasteiger partial charge in [-0.1, -0.05) is 18.2 Å². The molecule has 3 N–H and O–H groups in total. The molecule has 0 unspecified atom stereocenters. The van der Waals surface area contributed by atoms with E-state index in [9.17, 15) is 9.90 Å². The standard InChI is InChI=1S/C26H22N4O3/c1-28-15-23(17-10-12-29-13-11-17)25(27)18-6-8-20(9-7-18)33-16-19-14-22(26(31)32)21-4-2-3-5-24(21)30-19/h2-15H,16,27H2,1H3,(H,31,32). The van der Waals surface area contributed by atoms with Crippen molar-refractivity contribution in [1.29, 1.82) is 0 Å². The number of carboxylic acid groups (broad SMARTS) is 1. The summed E-state index contributed by atoms with van der Waals surface area (Å²) in [5, 5.41) is 10.1. The van der Waals surface area contributed by atoms with Crippen molar-refractivity contribution < 1.29 is 14.6 Å². The monoisotopic (exact) mass is 438 g/mol. The molecule has 2 heterocycles. The molecule has 0 radical (unpaired) electrons. The van der Waals surface area contributed by atoms with E-state index in [-0.39, 0.29) is 12.2 Å². The van der Waals surface area contributed by atoms with Gasteiger partial charge in [0.05, 0.1) is 16.8 Å². The van der Waals surface area contributed by atoms with Gasteiger partial charge in [-0.25, -0.2) is 9.78 Å². The molecule has 0 aliphatic heterocycles. The fourth-order valence-electron chi connectivity index (χ4n) is 3.48. The van der Waals surface area contributed by atoms with E-state index >= 15 is 0 Å². The minimum Gasteiger partial charge on any atom is -0.487 e. The summed E-state index contributed by atoms with van der Waals surface area (Å²) < 4.78 is 5.86. The summed E-state index contributed by atoms with van der Waals surface area (Å²) >= 11 is 0. The number of rotatable bonds is 7. The molecule has 0 saturated heterocycles. The molecule has 33 heavy (non-hydrogen) atoms. The highest BCUT2D eigenvalue weighted by atomic mass is 16.5. The normalized spacial score (nSPS) is 12.0. The topological polar surface area (TPSA) is 111 Å². The fourth-order valence-corrected chi connectivity index (χ4v) is 3.48. The number of hydrogen-bond acceptors (Lipinski definition) is 6. The molecule has 7 nitrogen and oxygen atoms in total. The van der Waals surface area contributed by atoms with Crippen molar-refractivity contribution in [3.8, 4) is 5.75 Å². The van der Waals surface area contributed by atoms with Crippen molar-refractivity contribution >= 4 is 34.4 Å². The van der Waals surface area contributed by atoms with Crippen molar-refractivity contribution in [3.63, 3.8) is 0 Å². The first-order chi connectivity index (χ1) is 16.1. The van der Waals surface area contributed by atoms with Crippen LogP contribution in [0.3, 0.4) is 0 Å². The molecule has 0 bridgehead atoms. The number of carbonyl (C=O) groups is 1. The zero-order valence-corrected chi connectivity index (χ0v) is 18.0. The lowest BCUT2D eigenvalue weighted by Crippen LogP contribution is -2.05. The molecule has 0 amide bonds. The van der Waals surface area contributed by atoms with E-state index in [1.54, 1.807) is 49.9 Å². The van der Waals surface area contributed by atoms with Crippen LogP contribution in [0.5, 0.6) is 5.75 Å². The molecular weight excluding hydrogens is 416 g/mol. The predicted octanol–water partition coefficient (Wildman–Crippen LogP) is 4.43. The van der Waals surface area contributed by atoms with Crippen LogP contribution in [0.25, 0.3) is 22.2 Å². The molecule has 0 saturated carbocycles. The van der Waals surface area contributed by atoms with E-state index in [4.69, 9.17) is 10.5 Å². The third-order valence-corrected chi connectivity index (χ3v) is 5.09. The number of fused-ring (bicyclic) bond motifs is 1. The number of allylic oxidation sites excluding steroid dienone is 1. The number of para-hydroxylation sites is 1. The van der Waals surface area contributed by atoms with E-state index in [0.717, 1.165) is 16.7 Å². The van der Waals surface area contributed by atoms with Gasteiger partial charge >= 0.3 is 5.97 Å². The predicted molar refractivity (Wildman–Crippen MR) is 129 cm³/mol. The highest BCUT2D eigenvalue weighted by Gasteiger charge is 2.12. The summed E-state index contributed by atoms with van der Waals surface area (Å²) in [5.74, 6) is -0.380. The Balaban J connectivity index is 1.55. The molecule has 7 heteroatoms. The molecule has 2 aromatic heterocycles. The Morgan fingerprint density at radius 3 is 2.48 bits per heavy atom. The summed E-state index contributed by atoms with van der Waals surface area (Å²) in [4.78, 5) is 24.3. The van der Waals surface area contributed by atoms with Gasteiger partial charge in [0.15, 0.2) is 0 Å². The number of aromatic nitrogens is 2. The van der Waals surface area contributed by atoms with E-state index < -0.39 is 5.97 Å². The van der Waals surface area contributed by atoms with Gasteiger partial charge < -0.3 is 15.6 Å². The highest BCUT2D eigenvalue weighted by Crippen LogP contribution is 2.24. The van der Waals surface area contributed by atoms with Gasteiger partial charge in [0.1, 0.15) is 12.4 Å². The Bertz CT molecular complexity index is 1350. The van der Waals surface area contributed by atoms with Gasteiger partial charge in [-0.3, -0.25) is 9.98 Å². The number of nitrogens with zero attached hydrogens (tertiary/aromatic N) is 3. The van der Waals surface area contributed by atoms with Crippen molar-refractivity contribution in [2.45, 2.75) is 6.61 Å². The van der Waals surface area contributed by atoms with Crippen LogP contribution in [0.2, 0.25) is 0 Å². The minimum absolute atomic E-state index is 0.139. The lowest BCUT2D eigenvalue weighted by molar-refractivity contribution is 0.0698. The summed E-state index contributed by atoms with van der Waals surface area (Å²) in [7, 11) is 1.70. The second kappa shape index (κ2) is 9.74. The van der Waals surface area contributed by atoms with Crippen LogP contribution in [-0.2, 0) is 6.61 Å². The van der Waals surface area contributed by atoms with Crippen LogP contribution in [-0.4, -0.2) is 34.3 Å². The van der Waals surface area contributed by atoms with Crippen molar-refractivity contribution in [2.75, 3.05) is 7.05 Å². The number of carboxylic acids is 1. The number of aromatic carboxylic acids is 1. The first kappa shape index (κ1) is 21.7. The van der Waals surface area contributed by atoms with Crippen molar-refractivity contribution in [2.24, 2.45) is 10.7 Å². The molecule has 4 aromatic rings. The second-order valence-electron chi connectivity index (χ2n) is 7.25. The van der Waals surface area contributed by atoms with Gasteiger partial charge in [0.25, 0.3) is 0 Å². The Morgan fingerprint density at radius 1 is 1.06 bits per heavy atom. The maximum atomic E-state index is 11.6. The number of pyridine rings is 2. The van der Waals surface area contributed by atoms with Gasteiger partial charge in [0, 0.05) is 42.3 Å². The molecule has 0 fully saturated rings. The lowest BCUT2D eigenvalue weighted by Gasteiger charge is -2.11. The summed E-state index contributed by atoms with van der Waals surface area (Å²) in [6.45, 7) is 0.139. The average Bonchev–Trinajstić information content (AvgIpc) is 2.86. The van der Waals surface area contributed by atoms with Gasteiger partial charge in [-0.15, -0.1) is 0 Å². The SMILES string of the molecule is CN=CC(=C(N)c1ccc(OCc2cc(C(=O)O)c3ccccc3n2)cc1)c1ccncc1. The van der Waals surface area contributed by atoms with Crippen LogP contribution in [0, 0.1) is 0 Å². The summed E-state index contributed by atoms with van der Waals surface area (Å²) in [5.41, 5.74) is 10.9. The number of nitrogens with two attached hydrogens (primary N) is 1. The molecule has 164 valence electrons. The fraction of sp³-hybridized carbons (Fsp3) is 0.0769. The van der Waals surface area contributed by atoms with E-state index in [1.165, 1.54) is 0 Å². The first-order valence-corrected chi connectivity index (χ1v) is 10.2. The average molecular weight is 438 g/mol. The summed E-state index contributed by atoms with van der Waals surface area (Å²) in [6, 6.07) is 19.8. The number of hydrogen-bond donors (Lipinski definition) is 2. The molecule has 0 atom stereocenters. The molecular formula is C26H22N4O3. The van der Waals surface area contributed by atoms with E-state index in [0.29, 0.717) is 28.0 Å². The largest absolute Gasteiger partial charge is 0.487 e. The van der Waals surface area contributed by atoms with Gasteiger partial charge in [-0.05, 0) is 59.7 Å².